The highest BCUT2D eigenvalue weighted by Gasteiger charge is 2.13. The van der Waals surface area contributed by atoms with Crippen molar-refractivity contribution in [1.82, 2.24) is 10.7 Å². The van der Waals surface area contributed by atoms with Crippen molar-refractivity contribution in [3.8, 4) is 5.75 Å². The van der Waals surface area contributed by atoms with Gasteiger partial charge in [0.25, 0.3) is 5.91 Å². The average molecular weight is 493 g/mol. The first kappa shape index (κ1) is 24.0. The Morgan fingerprint density at radius 1 is 1.16 bits per heavy atom. The number of hydrogen-bond acceptors (Lipinski definition) is 5. The van der Waals surface area contributed by atoms with Crippen LogP contribution in [0, 0.1) is 11.7 Å². The molecule has 0 atom stereocenters. The molecule has 0 heterocycles. The van der Waals surface area contributed by atoms with Crippen molar-refractivity contribution in [2.75, 3.05) is 18.5 Å². The number of hydrogen-bond donors (Lipinski definition) is 3. The molecule has 2 rings (SSSR count). The Hall–Kier alpha value is -3.27. The Morgan fingerprint density at radius 2 is 1.90 bits per heavy atom. The van der Waals surface area contributed by atoms with Crippen LogP contribution in [-0.4, -0.2) is 37.1 Å². The monoisotopic (exact) mass is 492 g/mol. The maximum Gasteiger partial charge on any atom is 0.329 e. The summed E-state index contributed by atoms with van der Waals surface area (Å²) in [6.07, 6.45) is 1.29. The average Bonchev–Trinajstić information content (AvgIpc) is 2.73. The molecule has 3 N–H and O–H groups in total. The van der Waals surface area contributed by atoms with Crippen molar-refractivity contribution >= 4 is 45.6 Å². The zero-order valence-electron chi connectivity index (χ0n) is 16.9. The summed E-state index contributed by atoms with van der Waals surface area (Å²) in [6.45, 7) is 3.81. The first-order valence-corrected chi connectivity index (χ1v) is 10.1. The second-order valence-corrected chi connectivity index (χ2v) is 7.72. The highest BCUT2D eigenvalue weighted by Crippen LogP contribution is 2.20. The number of anilines is 1. The molecule has 0 aromatic heterocycles. The van der Waals surface area contributed by atoms with Gasteiger partial charge in [0.15, 0.2) is 6.61 Å². The van der Waals surface area contributed by atoms with Crippen LogP contribution in [0.3, 0.4) is 0 Å². The lowest BCUT2D eigenvalue weighted by atomic mass is 10.2. The zero-order valence-corrected chi connectivity index (χ0v) is 18.5. The molecule has 8 nitrogen and oxygen atoms in total. The van der Waals surface area contributed by atoms with E-state index < -0.39 is 23.5 Å². The maximum atomic E-state index is 13.8. The molecule has 164 valence electrons. The molecule has 0 radical (unpaired) electrons. The van der Waals surface area contributed by atoms with E-state index in [9.17, 15) is 18.8 Å². The molecule has 0 bridgehead atoms. The molecule has 0 aliphatic rings. The Kier molecular flexibility index (Phi) is 9.13. The van der Waals surface area contributed by atoms with Gasteiger partial charge in [0, 0.05) is 16.6 Å². The van der Waals surface area contributed by atoms with Gasteiger partial charge in [-0.2, -0.15) is 5.10 Å². The molecule has 0 aliphatic heterocycles. The van der Waals surface area contributed by atoms with Gasteiger partial charge in [-0.15, -0.1) is 0 Å². The second-order valence-electron chi connectivity index (χ2n) is 6.80. The van der Waals surface area contributed by atoms with Crippen molar-refractivity contribution in [2.24, 2.45) is 11.0 Å². The molecule has 2 aromatic carbocycles. The van der Waals surface area contributed by atoms with E-state index in [0.29, 0.717) is 22.3 Å². The van der Waals surface area contributed by atoms with Gasteiger partial charge >= 0.3 is 11.8 Å². The number of halogens is 2. The van der Waals surface area contributed by atoms with E-state index in [0.717, 1.165) is 0 Å². The van der Waals surface area contributed by atoms with Crippen LogP contribution in [-0.2, 0) is 14.4 Å². The first-order valence-electron chi connectivity index (χ1n) is 9.34. The smallest absolute Gasteiger partial charge is 0.329 e. The van der Waals surface area contributed by atoms with Crippen LogP contribution in [0.25, 0.3) is 0 Å². The minimum atomic E-state index is -0.897. The van der Waals surface area contributed by atoms with Crippen LogP contribution in [0.4, 0.5) is 10.1 Å². The Labute approximate surface area is 187 Å². The number of nitrogens with zero attached hydrogens (tertiary/aromatic N) is 1. The van der Waals surface area contributed by atoms with Crippen LogP contribution in [0.15, 0.2) is 52.0 Å². The number of benzene rings is 2. The number of carbonyl (C=O) groups excluding carboxylic acids is 3. The van der Waals surface area contributed by atoms with Crippen molar-refractivity contribution in [2.45, 2.75) is 13.8 Å². The van der Waals surface area contributed by atoms with Gasteiger partial charge in [0.2, 0.25) is 0 Å². The molecule has 0 spiro atoms. The quantitative estimate of drug-likeness (QED) is 0.299. The molecule has 0 saturated carbocycles. The van der Waals surface area contributed by atoms with Crippen molar-refractivity contribution < 1.29 is 23.5 Å². The van der Waals surface area contributed by atoms with Gasteiger partial charge in [0.1, 0.15) is 11.6 Å². The summed E-state index contributed by atoms with van der Waals surface area (Å²) < 4.78 is 19.9. The number of nitrogens with one attached hydrogen (secondary N) is 3. The fourth-order valence-corrected chi connectivity index (χ4v) is 2.56. The largest absolute Gasteiger partial charge is 0.483 e. The van der Waals surface area contributed by atoms with E-state index >= 15 is 0 Å². The molecule has 3 amide bonds. The number of carbonyl (C=O) groups is 3. The molecule has 0 aliphatic carbocycles. The molecular formula is C21H22BrFN4O4. The van der Waals surface area contributed by atoms with Crippen LogP contribution >= 0.6 is 15.9 Å². The van der Waals surface area contributed by atoms with Gasteiger partial charge in [-0.25, -0.2) is 9.82 Å². The van der Waals surface area contributed by atoms with Crippen LogP contribution in [0.1, 0.15) is 19.4 Å². The SMILES string of the molecule is CC(C)CNC(=O)C(=O)N/N=C\c1ccccc1OCC(=O)Nc1ccc(Br)cc1F. The highest BCUT2D eigenvalue weighted by atomic mass is 79.9. The Morgan fingerprint density at radius 3 is 2.61 bits per heavy atom. The Balaban J connectivity index is 1.91. The van der Waals surface area contributed by atoms with Crippen LogP contribution in [0.5, 0.6) is 5.75 Å². The number of hydrazone groups is 1. The predicted octanol–water partition coefficient (Wildman–Crippen LogP) is 2.83. The molecular weight excluding hydrogens is 471 g/mol. The number of rotatable bonds is 8. The van der Waals surface area contributed by atoms with E-state index in [1.165, 1.54) is 18.3 Å². The fourth-order valence-electron chi connectivity index (χ4n) is 2.23. The number of amides is 3. The minimum absolute atomic E-state index is 0.0325. The summed E-state index contributed by atoms with van der Waals surface area (Å²) in [5.41, 5.74) is 2.63. The fraction of sp³-hybridized carbons (Fsp3) is 0.238. The summed E-state index contributed by atoms with van der Waals surface area (Å²) in [4.78, 5) is 35.4. The van der Waals surface area contributed by atoms with E-state index in [4.69, 9.17) is 4.74 Å². The summed E-state index contributed by atoms with van der Waals surface area (Å²) in [5, 5.41) is 8.65. The third-order valence-electron chi connectivity index (χ3n) is 3.73. The van der Waals surface area contributed by atoms with E-state index in [2.05, 4.69) is 37.1 Å². The third kappa shape index (κ3) is 8.17. The standard InChI is InChI=1S/C21H22BrFN4O4/c1-13(2)10-24-20(29)21(30)27-25-11-14-5-3-4-6-18(14)31-12-19(28)26-17-8-7-15(22)9-16(17)23/h3-9,11,13H,10,12H2,1-2H3,(H,24,29)(H,26,28)(H,27,30)/b25-11-. The maximum absolute atomic E-state index is 13.8. The molecule has 2 aromatic rings. The third-order valence-corrected chi connectivity index (χ3v) is 4.22. The summed E-state index contributed by atoms with van der Waals surface area (Å²) in [6, 6.07) is 10.9. The summed E-state index contributed by atoms with van der Waals surface area (Å²) in [5.74, 6) is -2.29. The van der Waals surface area contributed by atoms with Crippen molar-refractivity contribution in [3.63, 3.8) is 0 Å². The van der Waals surface area contributed by atoms with Gasteiger partial charge in [-0.05, 0) is 36.2 Å². The number of ether oxygens (including phenoxy) is 1. The first-order chi connectivity index (χ1) is 14.8. The summed E-state index contributed by atoms with van der Waals surface area (Å²) in [7, 11) is 0. The normalized spacial score (nSPS) is 10.7. The van der Waals surface area contributed by atoms with E-state index in [-0.39, 0.29) is 18.2 Å². The topological polar surface area (TPSA) is 109 Å². The molecule has 0 saturated heterocycles. The molecule has 31 heavy (non-hydrogen) atoms. The van der Waals surface area contributed by atoms with E-state index in [1.54, 1.807) is 30.3 Å². The minimum Gasteiger partial charge on any atom is -0.483 e. The predicted molar refractivity (Wildman–Crippen MR) is 118 cm³/mol. The highest BCUT2D eigenvalue weighted by molar-refractivity contribution is 9.10. The lowest BCUT2D eigenvalue weighted by Crippen LogP contribution is -2.39. The van der Waals surface area contributed by atoms with Crippen molar-refractivity contribution in [1.29, 1.82) is 0 Å². The lowest BCUT2D eigenvalue weighted by molar-refractivity contribution is -0.139. The summed E-state index contributed by atoms with van der Waals surface area (Å²) >= 11 is 3.14. The van der Waals surface area contributed by atoms with Crippen LogP contribution in [0.2, 0.25) is 0 Å². The van der Waals surface area contributed by atoms with Gasteiger partial charge in [-0.1, -0.05) is 41.9 Å². The van der Waals surface area contributed by atoms with Crippen LogP contribution < -0.4 is 20.8 Å². The van der Waals surface area contributed by atoms with Crippen molar-refractivity contribution in [3.05, 3.63) is 58.3 Å². The molecule has 0 fully saturated rings. The zero-order chi connectivity index (χ0) is 22.8. The lowest BCUT2D eigenvalue weighted by Gasteiger charge is -2.10. The van der Waals surface area contributed by atoms with Gasteiger partial charge < -0.3 is 15.4 Å². The van der Waals surface area contributed by atoms with E-state index in [1.807, 2.05) is 13.8 Å². The second kappa shape index (κ2) is 11.8. The Bertz CT molecular complexity index is 982. The van der Waals surface area contributed by atoms with Gasteiger partial charge in [-0.3, -0.25) is 14.4 Å². The molecule has 0 unspecified atom stereocenters. The van der Waals surface area contributed by atoms with Gasteiger partial charge in [0.05, 0.1) is 11.9 Å². The molecule has 10 heteroatoms. The number of para-hydroxylation sites is 1.